The second kappa shape index (κ2) is 12.4. The summed E-state index contributed by atoms with van der Waals surface area (Å²) < 4.78 is 17.0. The number of piperidine rings is 1. The van der Waals surface area contributed by atoms with Crippen molar-refractivity contribution in [2.75, 3.05) is 11.5 Å². The van der Waals surface area contributed by atoms with E-state index in [0.29, 0.717) is 68.6 Å². The van der Waals surface area contributed by atoms with Gasteiger partial charge in [0, 0.05) is 63.7 Å². The zero-order chi connectivity index (χ0) is 34.9. The van der Waals surface area contributed by atoms with Gasteiger partial charge in [0.15, 0.2) is 5.65 Å². The third kappa shape index (κ3) is 6.60. The molecule has 0 radical (unpaired) electrons. The second-order valence-electron chi connectivity index (χ2n) is 16.0. The summed E-state index contributed by atoms with van der Waals surface area (Å²) in [5.41, 5.74) is 1.39. The van der Waals surface area contributed by atoms with Gasteiger partial charge in [0.1, 0.15) is 17.5 Å². The molecule has 2 fully saturated rings. The lowest BCUT2D eigenvalue weighted by Crippen LogP contribution is -2.59. The van der Waals surface area contributed by atoms with Crippen LogP contribution in [-0.2, 0) is 30.3 Å². The summed E-state index contributed by atoms with van der Waals surface area (Å²) in [5, 5.41) is 9.59. The summed E-state index contributed by atoms with van der Waals surface area (Å²) in [6.45, 7) is 15.5. The SMILES string of the molecule is Cn1nc2ccc(-c3cn(COCC[Si](C)(C)C)c4nc(N5[C@@H]6CC[C@H]5C[C@@](C)(NC(=O)OC(C)(C)C)C6)n(C)c(=O)c34)c(Cl)c2c1Cl. The minimum absolute atomic E-state index is 0.0969. The fraction of sp³-hybridized carbons (Fsp3) is 0.588. The molecular weight excluding hydrogens is 669 g/mol. The Balaban J connectivity index is 1.41. The summed E-state index contributed by atoms with van der Waals surface area (Å²) in [6.07, 6.45) is 4.82. The highest BCUT2D eigenvalue weighted by atomic mass is 35.5. The average Bonchev–Trinajstić information content (AvgIpc) is 3.56. The molecule has 1 aromatic carbocycles. The maximum absolute atomic E-state index is 14.4. The number of halogens is 2. The van der Waals surface area contributed by atoms with Crippen molar-refractivity contribution in [3.8, 4) is 11.1 Å². The highest BCUT2D eigenvalue weighted by molar-refractivity contribution is 6.76. The number of hydrogen-bond donors (Lipinski definition) is 1. The van der Waals surface area contributed by atoms with E-state index in [4.69, 9.17) is 37.7 Å². The van der Waals surface area contributed by atoms with Gasteiger partial charge in [-0.1, -0.05) is 48.9 Å². The number of anilines is 1. The minimum atomic E-state index is -1.31. The molecule has 1 N–H and O–H groups in total. The first-order chi connectivity index (χ1) is 22.4. The normalized spacial score (nSPS) is 21.4. The van der Waals surface area contributed by atoms with Crippen LogP contribution >= 0.6 is 23.2 Å². The molecule has 1 amide bonds. The maximum Gasteiger partial charge on any atom is 0.408 e. The number of nitrogens with zero attached hydrogens (tertiary/aromatic N) is 6. The Kier molecular flexibility index (Phi) is 8.96. The molecule has 5 heterocycles. The van der Waals surface area contributed by atoms with E-state index >= 15 is 0 Å². The van der Waals surface area contributed by atoms with Crippen molar-refractivity contribution in [1.29, 1.82) is 0 Å². The van der Waals surface area contributed by atoms with E-state index in [2.05, 4.69) is 41.9 Å². The zero-order valence-corrected chi connectivity index (χ0v) is 31.9. The van der Waals surface area contributed by atoms with Crippen molar-refractivity contribution in [3.63, 3.8) is 0 Å². The Labute approximate surface area is 292 Å². The highest BCUT2D eigenvalue weighted by Crippen LogP contribution is 2.44. The Morgan fingerprint density at radius 3 is 2.38 bits per heavy atom. The molecule has 0 spiro atoms. The van der Waals surface area contributed by atoms with E-state index in [1.54, 1.807) is 23.3 Å². The van der Waals surface area contributed by atoms with Gasteiger partial charge in [-0.25, -0.2) is 4.79 Å². The third-order valence-corrected chi connectivity index (χ3v) is 12.0. The topological polar surface area (TPSA) is 108 Å². The van der Waals surface area contributed by atoms with Crippen molar-refractivity contribution in [2.45, 2.75) is 109 Å². The van der Waals surface area contributed by atoms with Gasteiger partial charge in [0.2, 0.25) is 5.95 Å². The van der Waals surface area contributed by atoms with Crippen LogP contribution in [0.15, 0.2) is 23.1 Å². The Hall–Kier alpha value is -3.06. The molecule has 14 heteroatoms. The van der Waals surface area contributed by atoms with Crippen LogP contribution in [0.25, 0.3) is 33.1 Å². The Morgan fingerprint density at radius 2 is 1.75 bits per heavy atom. The number of aryl methyl sites for hydroxylation is 1. The number of nitrogens with one attached hydrogen (secondary N) is 1. The van der Waals surface area contributed by atoms with E-state index in [0.717, 1.165) is 18.9 Å². The molecule has 2 bridgehead atoms. The van der Waals surface area contributed by atoms with E-state index in [-0.39, 0.29) is 24.4 Å². The molecule has 0 saturated carbocycles. The van der Waals surface area contributed by atoms with E-state index < -0.39 is 25.3 Å². The van der Waals surface area contributed by atoms with Gasteiger partial charge in [-0.3, -0.25) is 14.0 Å². The Bertz CT molecular complexity index is 1940. The molecule has 4 aromatic rings. The average molecular weight is 717 g/mol. The molecule has 2 aliphatic heterocycles. The van der Waals surface area contributed by atoms with Crippen LogP contribution in [0.5, 0.6) is 0 Å². The predicted molar refractivity (Wildman–Crippen MR) is 195 cm³/mol. The number of carbonyl (C=O) groups is 1. The first-order valence-corrected chi connectivity index (χ1v) is 21.1. The molecule has 3 aromatic heterocycles. The summed E-state index contributed by atoms with van der Waals surface area (Å²) in [5.74, 6) is 0.615. The lowest BCUT2D eigenvalue weighted by atomic mass is 9.84. The van der Waals surface area contributed by atoms with Gasteiger partial charge in [0.25, 0.3) is 5.56 Å². The zero-order valence-electron chi connectivity index (χ0n) is 29.4. The van der Waals surface area contributed by atoms with Crippen molar-refractivity contribution in [3.05, 3.63) is 38.9 Å². The molecule has 2 aliphatic rings. The van der Waals surface area contributed by atoms with Gasteiger partial charge in [-0.05, 0) is 65.5 Å². The van der Waals surface area contributed by atoms with Crippen LogP contribution in [0, 0.1) is 0 Å². The number of amides is 1. The second-order valence-corrected chi connectivity index (χ2v) is 22.3. The summed E-state index contributed by atoms with van der Waals surface area (Å²) >= 11 is 13.6. The van der Waals surface area contributed by atoms with Gasteiger partial charge in [-0.15, -0.1) is 0 Å². The van der Waals surface area contributed by atoms with Crippen molar-refractivity contribution < 1.29 is 14.3 Å². The van der Waals surface area contributed by atoms with Crippen LogP contribution in [0.3, 0.4) is 0 Å². The largest absolute Gasteiger partial charge is 0.444 e. The minimum Gasteiger partial charge on any atom is -0.444 e. The van der Waals surface area contributed by atoms with Gasteiger partial charge in [-0.2, -0.15) is 10.1 Å². The molecule has 260 valence electrons. The van der Waals surface area contributed by atoms with Gasteiger partial charge >= 0.3 is 6.09 Å². The first kappa shape index (κ1) is 34.8. The molecular formula is C34H47Cl2N7O4Si. The lowest BCUT2D eigenvalue weighted by molar-refractivity contribution is 0.0437. The molecule has 48 heavy (non-hydrogen) atoms. The van der Waals surface area contributed by atoms with Crippen molar-refractivity contribution in [1.82, 2.24) is 29.2 Å². The fourth-order valence-electron chi connectivity index (χ4n) is 7.26. The maximum atomic E-state index is 14.4. The summed E-state index contributed by atoms with van der Waals surface area (Å²) in [4.78, 5) is 34.7. The smallest absolute Gasteiger partial charge is 0.408 e. The fourth-order valence-corrected chi connectivity index (χ4v) is 8.65. The quantitative estimate of drug-likeness (QED) is 0.150. The monoisotopic (exact) mass is 715 g/mol. The lowest BCUT2D eigenvalue weighted by Gasteiger charge is -2.45. The number of aromatic nitrogens is 5. The molecule has 2 saturated heterocycles. The molecule has 0 aliphatic carbocycles. The summed E-state index contributed by atoms with van der Waals surface area (Å²) in [7, 11) is 2.25. The van der Waals surface area contributed by atoms with E-state index in [9.17, 15) is 9.59 Å². The summed E-state index contributed by atoms with van der Waals surface area (Å²) in [6, 6.07) is 4.97. The number of rotatable bonds is 8. The number of hydrogen-bond acceptors (Lipinski definition) is 7. The number of ether oxygens (including phenoxy) is 2. The number of fused-ring (bicyclic) bond motifs is 4. The Morgan fingerprint density at radius 1 is 1.08 bits per heavy atom. The molecule has 11 nitrogen and oxygen atoms in total. The third-order valence-electron chi connectivity index (χ3n) is 9.49. The van der Waals surface area contributed by atoms with E-state index in [1.165, 1.54) is 0 Å². The van der Waals surface area contributed by atoms with Crippen LogP contribution in [-0.4, -0.2) is 67.9 Å². The molecule has 3 atom stereocenters. The van der Waals surface area contributed by atoms with E-state index in [1.807, 2.05) is 43.7 Å². The standard InChI is InChI=1S/C34H47Cl2N7O4Si/c1-33(2,3)47-32(45)38-34(4)16-20-10-11-21(17-34)43(20)31-37-29-25(30(44)40(31)5)23(18-42(29)19-46-14-15-48(7,8)9)22-12-13-24-26(27(22)35)28(36)41(6)39-24/h12-13,18,20-21H,10-11,14-17,19H2,1-9H3,(H,38,45)/t20-,21+,34+. The molecule has 0 unspecified atom stereocenters. The van der Waals surface area contributed by atoms with Crippen LogP contribution in [0.4, 0.5) is 10.7 Å². The highest BCUT2D eigenvalue weighted by Gasteiger charge is 2.48. The number of benzene rings is 1. The van der Waals surface area contributed by atoms with Crippen LogP contribution in [0.1, 0.15) is 53.4 Å². The van der Waals surface area contributed by atoms with Crippen molar-refractivity contribution >= 4 is 65.3 Å². The first-order valence-electron chi connectivity index (χ1n) is 16.6. The number of carbonyl (C=O) groups excluding carboxylic acids is 1. The van der Waals surface area contributed by atoms with Crippen molar-refractivity contribution in [2.24, 2.45) is 14.1 Å². The predicted octanol–water partition coefficient (Wildman–Crippen LogP) is 7.32. The van der Waals surface area contributed by atoms with Gasteiger partial charge < -0.3 is 24.3 Å². The van der Waals surface area contributed by atoms with Crippen LogP contribution in [0.2, 0.25) is 35.9 Å². The van der Waals surface area contributed by atoms with Crippen LogP contribution < -0.4 is 15.8 Å². The number of alkyl carbamates (subject to hydrolysis) is 1. The molecule has 6 rings (SSSR count). The van der Waals surface area contributed by atoms with Gasteiger partial charge in [0.05, 0.1) is 21.3 Å².